The van der Waals surface area contributed by atoms with Crippen LogP contribution in [-0.2, 0) is 25.3 Å². The number of amides is 1. The number of carbonyl (C=O) groups excluding carboxylic acids is 1. The van der Waals surface area contributed by atoms with Crippen LogP contribution in [0.3, 0.4) is 0 Å². The van der Waals surface area contributed by atoms with E-state index in [9.17, 15) is 23.6 Å². The second-order valence-corrected chi connectivity index (χ2v) is 10.5. The molecule has 0 fully saturated rings. The summed E-state index contributed by atoms with van der Waals surface area (Å²) in [5, 5.41) is 13.9. The number of ether oxygens (including phenoxy) is 1. The second-order valence-electron chi connectivity index (χ2n) is 6.05. The lowest BCUT2D eigenvalue weighted by Gasteiger charge is -2.16. The van der Waals surface area contributed by atoms with Gasteiger partial charge in [0.25, 0.3) is 0 Å². The molecule has 0 radical (unpaired) electrons. The number of hydrogen-bond acceptors (Lipinski definition) is 6. The SMILES string of the molecule is O=C(N[C@@H](CCCNCP(=O)(O)CP(=O)(O)O)C(=O)O)OCc1ccccc1. The maximum absolute atomic E-state index is 11.7. The van der Waals surface area contributed by atoms with Crippen LogP contribution in [0.5, 0.6) is 0 Å². The maximum Gasteiger partial charge on any atom is 0.408 e. The van der Waals surface area contributed by atoms with Crippen molar-refractivity contribution < 1.29 is 43.2 Å². The van der Waals surface area contributed by atoms with Crippen molar-refractivity contribution in [3.63, 3.8) is 0 Å². The number of carboxylic acids is 1. The molecule has 1 amide bonds. The summed E-state index contributed by atoms with van der Waals surface area (Å²) in [6.07, 6.45) is -1.14. The number of alkyl carbamates (subject to hydrolysis) is 1. The minimum atomic E-state index is -4.61. The van der Waals surface area contributed by atoms with Crippen LogP contribution in [0.4, 0.5) is 4.79 Å². The summed E-state index contributed by atoms with van der Waals surface area (Å²) in [5.41, 5.74) is 0.748. The molecule has 0 bridgehead atoms. The van der Waals surface area contributed by atoms with Gasteiger partial charge in [-0.15, -0.1) is 0 Å². The van der Waals surface area contributed by atoms with E-state index in [-0.39, 0.29) is 26.0 Å². The molecular formula is C15H24N2O9P2. The molecule has 0 aromatic heterocycles. The van der Waals surface area contributed by atoms with Crippen molar-refractivity contribution in [1.82, 2.24) is 10.6 Å². The third-order valence-corrected chi connectivity index (χ3v) is 7.37. The first-order valence-electron chi connectivity index (χ1n) is 8.25. The first-order valence-corrected chi connectivity index (χ1v) is 12.1. The standard InChI is InChI=1S/C15H24N2O9P2/c18-14(19)13(17-15(20)26-9-12-5-2-1-3-6-12)7-4-8-16-10-27(21,22)11-28(23,24)25/h1-3,5-6,13,16H,4,7-11H2,(H,17,20)(H,18,19)(H,21,22)(H2,23,24,25)/t13-/m0/s1. The van der Waals surface area contributed by atoms with Crippen LogP contribution in [0.2, 0.25) is 0 Å². The fraction of sp³-hybridized carbons (Fsp3) is 0.467. The molecule has 1 unspecified atom stereocenters. The van der Waals surface area contributed by atoms with Gasteiger partial charge in [0, 0.05) is 0 Å². The van der Waals surface area contributed by atoms with Gasteiger partial charge in [0.1, 0.15) is 18.6 Å². The van der Waals surface area contributed by atoms with E-state index in [4.69, 9.17) is 19.6 Å². The van der Waals surface area contributed by atoms with Crippen LogP contribution >= 0.6 is 15.0 Å². The van der Waals surface area contributed by atoms with Crippen LogP contribution in [0.1, 0.15) is 18.4 Å². The highest BCUT2D eigenvalue weighted by Crippen LogP contribution is 2.53. The molecule has 1 aromatic rings. The van der Waals surface area contributed by atoms with Crippen LogP contribution in [0.15, 0.2) is 30.3 Å². The number of hydrogen-bond donors (Lipinski definition) is 6. The van der Waals surface area contributed by atoms with Crippen molar-refractivity contribution in [3.05, 3.63) is 35.9 Å². The Morgan fingerprint density at radius 2 is 1.75 bits per heavy atom. The number of benzene rings is 1. The Kier molecular flexibility index (Phi) is 9.81. The number of nitrogens with one attached hydrogen (secondary N) is 2. The third-order valence-electron chi connectivity index (χ3n) is 3.41. The minimum Gasteiger partial charge on any atom is -0.480 e. The van der Waals surface area contributed by atoms with Crippen LogP contribution in [0, 0.1) is 0 Å². The summed E-state index contributed by atoms with van der Waals surface area (Å²) in [4.78, 5) is 49.9. The van der Waals surface area contributed by atoms with E-state index in [2.05, 4.69) is 10.6 Å². The highest BCUT2D eigenvalue weighted by atomic mass is 31.2. The topological polar surface area (TPSA) is 182 Å². The highest BCUT2D eigenvalue weighted by Gasteiger charge is 2.29. The van der Waals surface area contributed by atoms with E-state index in [1.807, 2.05) is 0 Å². The van der Waals surface area contributed by atoms with Gasteiger partial charge in [-0.25, -0.2) is 9.59 Å². The predicted molar refractivity (Wildman–Crippen MR) is 100 cm³/mol. The van der Waals surface area contributed by atoms with Gasteiger partial charge in [0.05, 0.1) is 6.29 Å². The van der Waals surface area contributed by atoms with Gasteiger partial charge in [-0.2, -0.15) is 0 Å². The van der Waals surface area contributed by atoms with Crippen LogP contribution in [0.25, 0.3) is 0 Å². The quantitative estimate of drug-likeness (QED) is 0.204. The summed E-state index contributed by atoms with van der Waals surface area (Å²) in [6, 6.07) is 7.64. The average molecular weight is 438 g/mol. The molecule has 2 atom stereocenters. The molecule has 158 valence electrons. The molecule has 0 spiro atoms. The minimum absolute atomic E-state index is 0.00801. The molecule has 1 aromatic carbocycles. The molecule has 13 heteroatoms. The van der Waals surface area contributed by atoms with E-state index in [1.54, 1.807) is 30.3 Å². The summed E-state index contributed by atoms with van der Waals surface area (Å²) in [5.74, 6) is -2.38. The Hall–Kier alpha value is -1.74. The summed E-state index contributed by atoms with van der Waals surface area (Å²) >= 11 is 0. The zero-order chi connectivity index (χ0) is 21.2. The van der Waals surface area contributed by atoms with Crippen LogP contribution in [-0.4, -0.2) is 56.6 Å². The Labute approximate surface area is 161 Å². The summed E-state index contributed by atoms with van der Waals surface area (Å²) < 4.78 is 27.3. The first kappa shape index (κ1) is 24.3. The Morgan fingerprint density at radius 1 is 1.11 bits per heavy atom. The van der Waals surface area contributed by atoms with Crippen molar-refractivity contribution >= 4 is 27.0 Å². The smallest absolute Gasteiger partial charge is 0.408 e. The van der Waals surface area contributed by atoms with Gasteiger partial charge >= 0.3 is 19.7 Å². The lowest BCUT2D eigenvalue weighted by Crippen LogP contribution is -2.41. The molecule has 0 aliphatic carbocycles. The van der Waals surface area contributed by atoms with E-state index in [0.717, 1.165) is 5.56 Å². The van der Waals surface area contributed by atoms with Crippen molar-refractivity contribution in [3.8, 4) is 0 Å². The van der Waals surface area contributed by atoms with E-state index in [0.29, 0.717) is 0 Å². The number of carboxylic acid groups (broad SMARTS) is 1. The van der Waals surface area contributed by atoms with Crippen molar-refractivity contribution in [1.29, 1.82) is 0 Å². The first-order chi connectivity index (χ1) is 13.0. The predicted octanol–water partition coefficient (Wildman–Crippen LogP) is 1.10. The lowest BCUT2D eigenvalue weighted by molar-refractivity contribution is -0.139. The zero-order valence-electron chi connectivity index (χ0n) is 14.9. The Balaban J connectivity index is 2.32. The van der Waals surface area contributed by atoms with Crippen LogP contribution < -0.4 is 10.6 Å². The molecule has 0 aliphatic rings. The second kappa shape index (κ2) is 11.3. The molecule has 11 nitrogen and oxygen atoms in total. The molecule has 28 heavy (non-hydrogen) atoms. The summed E-state index contributed by atoms with van der Waals surface area (Å²) in [6.45, 7) is 0.113. The molecule has 0 saturated heterocycles. The van der Waals surface area contributed by atoms with Gasteiger partial charge in [0.15, 0.2) is 0 Å². The van der Waals surface area contributed by atoms with Gasteiger partial charge < -0.3 is 35.2 Å². The van der Waals surface area contributed by atoms with Gasteiger partial charge in [0.2, 0.25) is 7.37 Å². The molecule has 0 aliphatic heterocycles. The zero-order valence-corrected chi connectivity index (χ0v) is 16.7. The Bertz CT molecular complexity index is 738. The highest BCUT2D eigenvalue weighted by molar-refractivity contribution is 7.72. The van der Waals surface area contributed by atoms with Gasteiger partial charge in [-0.3, -0.25) is 9.13 Å². The Morgan fingerprint density at radius 3 is 2.32 bits per heavy atom. The molecule has 0 heterocycles. The van der Waals surface area contributed by atoms with Gasteiger partial charge in [-0.1, -0.05) is 30.3 Å². The fourth-order valence-electron chi connectivity index (χ4n) is 2.19. The number of aliphatic carboxylic acids is 1. The molecular weight excluding hydrogens is 414 g/mol. The van der Waals surface area contributed by atoms with Gasteiger partial charge in [-0.05, 0) is 24.9 Å². The van der Waals surface area contributed by atoms with E-state index < -0.39 is 45.3 Å². The largest absolute Gasteiger partial charge is 0.480 e. The number of rotatable bonds is 12. The third kappa shape index (κ3) is 11.2. The normalized spacial score (nSPS) is 14.7. The van der Waals surface area contributed by atoms with E-state index >= 15 is 0 Å². The monoisotopic (exact) mass is 438 g/mol. The van der Waals surface area contributed by atoms with Crippen molar-refractivity contribution in [2.24, 2.45) is 0 Å². The van der Waals surface area contributed by atoms with Crippen molar-refractivity contribution in [2.75, 3.05) is 18.7 Å². The summed E-state index contributed by atoms with van der Waals surface area (Å²) in [7, 11) is -8.65. The van der Waals surface area contributed by atoms with E-state index in [1.165, 1.54) is 0 Å². The average Bonchev–Trinajstić information content (AvgIpc) is 2.57. The molecule has 0 saturated carbocycles. The van der Waals surface area contributed by atoms with Crippen molar-refractivity contribution in [2.45, 2.75) is 25.5 Å². The fourth-order valence-corrected chi connectivity index (χ4v) is 5.40. The number of carbonyl (C=O) groups is 2. The lowest BCUT2D eigenvalue weighted by atomic mass is 10.1. The maximum atomic E-state index is 11.7. The molecule has 6 N–H and O–H groups in total. The molecule has 1 rings (SSSR count).